The number of rotatable bonds is 5. The predicted molar refractivity (Wildman–Crippen MR) is 54.6 cm³/mol. The van der Waals surface area contributed by atoms with Gasteiger partial charge in [0, 0.05) is 24.0 Å². The van der Waals surface area contributed by atoms with E-state index in [0.717, 1.165) is 0 Å². The first-order chi connectivity index (χ1) is 7.05. The fraction of sp³-hybridized carbons (Fsp3) is 0.375. The van der Waals surface area contributed by atoms with Crippen molar-refractivity contribution in [2.45, 2.75) is 4.90 Å². The number of methoxy groups -OCH3 is 1. The van der Waals surface area contributed by atoms with Crippen LogP contribution in [0.5, 0.6) is 5.88 Å². The predicted octanol–water partition coefficient (Wildman–Crippen LogP) is 1.03. The number of pyridine rings is 1. The van der Waals surface area contributed by atoms with E-state index in [-0.39, 0.29) is 17.4 Å². The third-order valence-electron chi connectivity index (χ3n) is 1.53. The maximum atomic E-state index is 11.1. The number of aromatic nitrogens is 1. The summed E-state index contributed by atoms with van der Waals surface area (Å²) in [7, 11) is 2.89. The molecule has 1 heterocycles. The highest BCUT2D eigenvalue weighted by molar-refractivity contribution is 8.13. The van der Waals surface area contributed by atoms with Crippen LogP contribution in [0.1, 0.15) is 0 Å². The first-order valence-corrected chi connectivity index (χ1v) is 6.38. The van der Waals surface area contributed by atoms with Crippen molar-refractivity contribution in [1.82, 2.24) is 4.98 Å². The molecule has 0 atom stereocenters. The topological polar surface area (TPSA) is 65.5 Å². The lowest BCUT2D eigenvalue weighted by Gasteiger charge is -2.06. The van der Waals surface area contributed by atoms with Crippen LogP contribution in [0.3, 0.4) is 0 Å². The standard InChI is InChI=1S/C8H10ClNO4S/c1-13-5-6-14-8-7(15(9,11)12)3-2-4-10-8/h2-4H,5-6H2,1H3. The molecule has 7 heteroatoms. The van der Waals surface area contributed by atoms with Crippen molar-refractivity contribution in [3.05, 3.63) is 18.3 Å². The molecule has 0 unspecified atom stereocenters. The monoisotopic (exact) mass is 251 g/mol. The van der Waals surface area contributed by atoms with Crippen LogP contribution < -0.4 is 4.74 Å². The molecule has 0 radical (unpaired) electrons. The summed E-state index contributed by atoms with van der Waals surface area (Å²) in [5.74, 6) is -0.00968. The van der Waals surface area contributed by atoms with Crippen LogP contribution in [-0.4, -0.2) is 33.7 Å². The maximum absolute atomic E-state index is 11.1. The average molecular weight is 252 g/mol. The summed E-state index contributed by atoms with van der Waals surface area (Å²) in [5.41, 5.74) is 0. The Morgan fingerprint density at radius 2 is 2.20 bits per heavy atom. The Bertz CT molecular complexity index is 420. The quantitative estimate of drug-likeness (QED) is 0.578. The first kappa shape index (κ1) is 12.2. The summed E-state index contributed by atoms with van der Waals surface area (Å²) in [6.45, 7) is 0.561. The molecule has 0 aliphatic heterocycles. The van der Waals surface area contributed by atoms with Crippen molar-refractivity contribution in [1.29, 1.82) is 0 Å². The van der Waals surface area contributed by atoms with Gasteiger partial charge < -0.3 is 9.47 Å². The average Bonchev–Trinajstić information content (AvgIpc) is 2.17. The van der Waals surface area contributed by atoms with E-state index >= 15 is 0 Å². The van der Waals surface area contributed by atoms with E-state index in [0.29, 0.717) is 6.61 Å². The molecule has 0 aliphatic carbocycles. The zero-order chi connectivity index (χ0) is 11.3. The van der Waals surface area contributed by atoms with Crippen LogP contribution in [0.4, 0.5) is 0 Å². The summed E-state index contributed by atoms with van der Waals surface area (Å²) in [6, 6.07) is 2.80. The molecule has 15 heavy (non-hydrogen) atoms. The first-order valence-electron chi connectivity index (χ1n) is 4.07. The molecule has 0 fully saturated rings. The van der Waals surface area contributed by atoms with Crippen LogP contribution in [0, 0.1) is 0 Å². The molecule has 1 aromatic heterocycles. The van der Waals surface area contributed by atoms with Gasteiger partial charge in [0.1, 0.15) is 11.5 Å². The molecule has 0 saturated heterocycles. The second kappa shape index (κ2) is 5.29. The number of hydrogen-bond acceptors (Lipinski definition) is 5. The largest absolute Gasteiger partial charge is 0.474 e. The summed E-state index contributed by atoms with van der Waals surface area (Å²) in [5, 5.41) is 0. The van der Waals surface area contributed by atoms with Gasteiger partial charge in [-0.05, 0) is 12.1 Å². The third kappa shape index (κ3) is 3.65. The molecule has 0 N–H and O–H groups in total. The van der Waals surface area contributed by atoms with Crippen LogP contribution >= 0.6 is 10.7 Å². The Labute approximate surface area is 92.4 Å². The Hall–Kier alpha value is -0.850. The Balaban J connectivity index is 2.88. The van der Waals surface area contributed by atoms with Crippen molar-refractivity contribution in [3.8, 4) is 5.88 Å². The molecule has 84 valence electrons. The van der Waals surface area contributed by atoms with E-state index in [9.17, 15) is 8.42 Å². The second-order valence-corrected chi connectivity index (χ2v) is 5.12. The summed E-state index contributed by atoms with van der Waals surface area (Å²) >= 11 is 0. The minimum absolute atomic E-state index is 0.00968. The van der Waals surface area contributed by atoms with E-state index < -0.39 is 9.05 Å². The van der Waals surface area contributed by atoms with Crippen molar-refractivity contribution in [2.24, 2.45) is 0 Å². The maximum Gasteiger partial charge on any atom is 0.266 e. The highest BCUT2D eigenvalue weighted by Gasteiger charge is 2.17. The van der Waals surface area contributed by atoms with Crippen molar-refractivity contribution < 1.29 is 17.9 Å². The lowest BCUT2D eigenvalue weighted by molar-refractivity contribution is 0.142. The molecule has 0 amide bonds. The molecule has 0 bridgehead atoms. The summed E-state index contributed by atoms with van der Waals surface area (Å²) in [4.78, 5) is 3.64. The summed E-state index contributed by atoms with van der Waals surface area (Å²) < 4.78 is 32.1. The zero-order valence-electron chi connectivity index (χ0n) is 8.01. The smallest absolute Gasteiger partial charge is 0.266 e. The van der Waals surface area contributed by atoms with Crippen molar-refractivity contribution >= 4 is 19.7 Å². The fourth-order valence-corrected chi connectivity index (χ4v) is 1.81. The van der Waals surface area contributed by atoms with Crippen LogP contribution in [-0.2, 0) is 13.8 Å². The van der Waals surface area contributed by atoms with Crippen molar-refractivity contribution in [3.63, 3.8) is 0 Å². The van der Waals surface area contributed by atoms with Crippen LogP contribution in [0.15, 0.2) is 23.2 Å². The molecule has 0 aliphatic rings. The molecule has 0 spiro atoms. The third-order valence-corrected chi connectivity index (χ3v) is 2.86. The van der Waals surface area contributed by atoms with E-state index in [4.69, 9.17) is 20.2 Å². The Kier molecular flexibility index (Phi) is 4.31. The van der Waals surface area contributed by atoms with Gasteiger partial charge in [0.2, 0.25) is 5.88 Å². The van der Waals surface area contributed by atoms with Gasteiger partial charge in [0.05, 0.1) is 6.61 Å². The van der Waals surface area contributed by atoms with E-state index in [1.807, 2.05) is 0 Å². The number of ether oxygens (including phenoxy) is 2. The van der Waals surface area contributed by atoms with Gasteiger partial charge in [-0.3, -0.25) is 0 Å². The molecule has 1 rings (SSSR count). The van der Waals surface area contributed by atoms with E-state index in [1.165, 1.54) is 25.4 Å². The lowest BCUT2D eigenvalue weighted by atomic mass is 10.5. The lowest BCUT2D eigenvalue weighted by Crippen LogP contribution is -2.08. The Morgan fingerprint density at radius 3 is 2.80 bits per heavy atom. The van der Waals surface area contributed by atoms with Gasteiger partial charge in [0.15, 0.2) is 0 Å². The van der Waals surface area contributed by atoms with Crippen molar-refractivity contribution in [2.75, 3.05) is 20.3 Å². The van der Waals surface area contributed by atoms with Gasteiger partial charge in [-0.1, -0.05) is 0 Å². The van der Waals surface area contributed by atoms with Gasteiger partial charge in [0.25, 0.3) is 9.05 Å². The molecule has 5 nitrogen and oxygen atoms in total. The van der Waals surface area contributed by atoms with Crippen LogP contribution in [0.2, 0.25) is 0 Å². The highest BCUT2D eigenvalue weighted by Crippen LogP contribution is 2.23. The van der Waals surface area contributed by atoms with E-state index in [2.05, 4.69) is 4.98 Å². The SMILES string of the molecule is COCCOc1ncccc1S(=O)(=O)Cl. The normalized spacial score (nSPS) is 11.3. The molecular weight excluding hydrogens is 242 g/mol. The fourth-order valence-electron chi connectivity index (χ4n) is 0.892. The highest BCUT2D eigenvalue weighted by atomic mass is 35.7. The number of nitrogens with zero attached hydrogens (tertiary/aromatic N) is 1. The minimum Gasteiger partial charge on any atom is -0.474 e. The summed E-state index contributed by atoms with van der Waals surface area (Å²) in [6.07, 6.45) is 1.42. The zero-order valence-corrected chi connectivity index (χ0v) is 9.59. The van der Waals surface area contributed by atoms with Gasteiger partial charge in [-0.25, -0.2) is 13.4 Å². The number of halogens is 1. The van der Waals surface area contributed by atoms with E-state index in [1.54, 1.807) is 0 Å². The second-order valence-electron chi connectivity index (χ2n) is 2.59. The Morgan fingerprint density at radius 1 is 1.47 bits per heavy atom. The molecule has 1 aromatic rings. The molecular formula is C8H10ClNO4S. The van der Waals surface area contributed by atoms with Gasteiger partial charge in [-0.15, -0.1) is 0 Å². The van der Waals surface area contributed by atoms with Gasteiger partial charge >= 0.3 is 0 Å². The van der Waals surface area contributed by atoms with Crippen LogP contribution in [0.25, 0.3) is 0 Å². The minimum atomic E-state index is -3.83. The molecule has 0 aromatic carbocycles. The van der Waals surface area contributed by atoms with Gasteiger partial charge in [-0.2, -0.15) is 0 Å². The molecule has 0 saturated carbocycles. The number of hydrogen-bond donors (Lipinski definition) is 0.